The van der Waals surface area contributed by atoms with Gasteiger partial charge in [0.05, 0.1) is 12.2 Å². The van der Waals surface area contributed by atoms with E-state index in [-0.39, 0.29) is 5.91 Å². The van der Waals surface area contributed by atoms with E-state index in [2.05, 4.69) is 40.0 Å². The number of carbonyl (C=O) groups excluding carboxylic acids is 3. The number of aromatic nitrogens is 2. The molecular formula is C25H24N4O4S. The van der Waals surface area contributed by atoms with Crippen LogP contribution in [0, 0.1) is 13.8 Å². The lowest BCUT2D eigenvalue weighted by Gasteiger charge is -2.07. The number of carbonyl (C=O) groups is 3. The highest BCUT2D eigenvalue weighted by atomic mass is 32.1. The third-order valence-electron chi connectivity index (χ3n) is 5.23. The molecule has 2 N–H and O–H groups in total. The number of rotatable bonds is 7. The number of nitrogens with zero attached hydrogens (tertiary/aromatic N) is 2. The van der Waals surface area contributed by atoms with Gasteiger partial charge in [-0.15, -0.1) is 11.3 Å². The molecule has 174 valence electrons. The molecular weight excluding hydrogens is 452 g/mol. The van der Waals surface area contributed by atoms with Gasteiger partial charge in [0.15, 0.2) is 6.61 Å². The number of fused-ring (bicyclic) bond motifs is 1. The minimum absolute atomic E-state index is 0.261. The second-order valence-electron chi connectivity index (χ2n) is 7.84. The Labute approximate surface area is 200 Å². The lowest BCUT2D eigenvalue weighted by molar-refractivity contribution is -0.119. The average Bonchev–Trinajstić information content (AvgIpc) is 3.40. The monoisotopic (exact) mass is 476 g/mol. The Morgan fingerprint density at radius 2 is 1.82 bits per heavy atom. The van der Waals surface area contributed by atoms with E-state index in [1.807, 2.05) is 18.5 Å². The highest BCUT2D eigenvalue weighted by Crippen LogP contribution is 2.29. The molecule has 4 rings (SSSR count). The summed E-state index contributed by atoms with van der Waals surface area (Å²) in [6.45, 7) is 4.10. The Morgan fingerprint density at radius 3 is 2.56 bits per heavy atom. The Kier molecular flexibility index (Phi) is 6.74. The van der Waals surface area contributed by atoms with E-state index in [0.717, 1.165) is 21.5 Å². The summed E-state index contributed by atoms with van der Waals surface area (Å²) in [5, 5.41) is 10.6. The highest BCUT2D eigenvalue weighted by Gasteiger charge is 2.18. The number of ether oxygens (including phenoxy) is 1. The van der Waals surface area contributed by atoms with Gasteiger partial charge in [0.2, 0.25) is 0 Å². The summed E-state index contributed by atoms with van der Waals surface area (Å²) in [4.78, 5) is 37.9. The second-order valence-corrected chi connectivity index (χ2v) is 8.87. The molecule has 0 atom stereocenters. The van der Waals surface area contributed by atoms with Crippen molar-refractivity contribution in [1.29, 1.82) is 0 Å². The maximum absolute atomic E-state index is 12.6. The van der Waals surface area contributed by atoms with Crippen molar-refractivity contribution in [2.45, 2.75) is 20.4 Å². The van der Waals surface area contributed by atoms with Crippen molar-refractivity contribution in [3.63, 3.8) is 0 Å². The summed E-state index contributed by atoms with van der Waals surface area (Å²) in [5.41, 5.74) is 3.99. The number of amides is 2. The quantitative estimate of drug-likeness (QED) is 0.394. The van der Waals surface area contributed by atoms with Gasteiger partial charge in [-0.05, 0) is 43.7 Å². The summed E-state index contributed by atoms with van der Waals surface area (Å²) in [6.07, 6.45) is 0. The third kappa shape index (κ3) is 5.15. The number of aryl methyl sites for hydroxylation is 2. The molecule has 0 saturated heterocycles. The molecule has 0 radical (unpaired) electrons. The number of hydrogen-bond donors (Lipinski definition) is 2. The van der Waals surface area contributed by atoms with Crippen LogP contribution >= 0.6 is 11.3 Å². The van der Waals surface area contributed by atoms with Crippen molar-refractivity contribution < 1.29 is 19.1 Å². The van der Waals surface area contributed by atoms with Gasteiger partial charge in [-0.3, -0.25) is 14.3 Å². The van der Waals surface area contributed by atoms with E-state index in [9.17, 15) is 14.4 Å². The molecule has 0 fully saturated rings. The molecule has 34 heavy (non-hydrogen) atoms. The summed E-state index contributed by atoms with van der Waals surface area (Å²) in [7, 11) is 1.53. The van der Waals surface area contributed by atoms with E-state index >= 15 is 0 Å². The summed E-state index contributed by atoms with van der Waals surface area (Å²) in [6, 6.07) is 16.5. The first-order valence-electron chi connectivity index (χ1n) is 10.7. The molecule has 0 aliphatic carbocycles. The van der Waals surface area contributed by atoms with Crippen molar-refractivity contribution in [2.75, 3.05) is 19.0 Å². The fourth-order valence-corrected chi connectivity index (χ4v) is 4.52. The lowest BCUT2D eigenvalue weighted by Crippen LogP contribution is -2.21. The molecule has 0 bridgehead atoms. The minimum Gasteiger partial charge on any atom is -0.451 e. The zero-order chi connectivity index (χ0) is 24.2. The van der Waals surface area contributed by atoms with Gasteiger partial charge in [0.1, 0.15) is 9.71 Å². The number of benzene rings is 2. The number of hydrogen-bond acceptors (Lipinski definition) is 6. The number of anilines is 1. The molecule has 4 aromatic rings. The maximum atomic E-state index is 12.6. The van der Waals surface area contributed by atoms with Crippen LogP contribution in [0.3, 0.4) is 0 Å². The van der Waals surface area contributed by atoms with E-state index in [0.29, 0.717) is 22.7 Å². The Balaban J connectivity index is 1.40. The van der Waals surface area contributed by atoms with Gasteiger partial charge in [-0.1, -0.05) is 35.9 Å². The second kappa shape index (κ2) is 9.88. The Hall–Kier alpha value is -3.98. The van der Waals surface area contributed by atoms with Crippen LogP contribution in [0.4, 0.5) is 5.69 Å². The lowest BCUT2D eigenvalue weighted by atomic mass is 10.1. The van der Waals surface area contributed by atoms with Crippen LogP contribution in [0.2, 0.25) is 0 Å². The largest absolute Gasteiger partial charge is 0.451 e. The van der Waals surface area contributed by atoms with Crippen molar-refractivity contribution >= 4 is 45.0 Å². The van der Waals surface area contributed by atoms with Gasteiger partial charge in [0, 0.05) is 23.7 Å². The van der Waals surface area contributed by atoms with Gasteiger partial charge in [-0.2, -0.15) is 5.10 Å². The fraction of sp³-hybridized carbons (Fsp3) is 0.200. The zero-order valence-corrected chi connectivity index (χ0v) is 19.9. The Bertz CT molecular complexity index is 1370. The minimum atomic E-state index is -0.572. The molecule has 8 nitrogen and oxygen atoms in total. The van der Waals surface area contributed by atoms with Crippen LogP contribution in [0.25, 0.3) is 10.2 Å². The first kappa shape index (κ1) is 23.2. The summed E-state index contributed by atoms with van der Waals surface area (Å²) < 4.78 is 7.10. The van der Waals surface area contributed by atoms with E-state index < -0.39 is 18.5 Å². The highest BCUT2D eigenvalue weighted by molar-refractivity contribution is 7.20. The van der Waals surface area contributed by atoms with Crippen molar-refractivity contribution in [3.8, 4) is 0 Å². The zero-order valence-electron chi connectivity index (χ0n) is 19.0. The SMILES string of the molecule is CNC(=O)c1cccc(NC(=O)COC(=O)c2cc3c(C)nn(Cc4ccc(C)cc4)c3s2)c1. The van der Waals surface area contributed by atoms with E-state index in [4.69, 9.17) is 4.74 Å². The standard InChI is InChI=1S/C25H24N4O4S/c1-15-7-9-17(10-8-15)13-29-24-20(16(2)28-29)12-21(34-24)25(32)33-14-22(30)27-19-6-4-5-18(11-19)23(31)26-3/h4-12H,13-14H2,1-3H3,(H,26,31)(H,27,30). The molecule has 9 heteroatoms. The summed E-state index contributed by atoms with van der Waals surface area (Å²) >= 11 is 1.29. The summed E-state index contributed by atoms with van der Waals surface area (Å²) in [5.74, 6) is -1.33. The number of nitrogens with one attached hydrogen (secondary N) is 2. The number of thiophene rings is 1. The molecule has 0 saturated carbocycles. The molecule has 2 amide bonds. The van der Waals surface area contributed by atoms with Crippen molar-refractivity contribution in [1.82, 2.24) is 15.1 Å². The van der Waals surface area contributed by atoms with Crippen LogP contribution in [-0.2, 0) is 16.1 Å². The predicted molar refractivity (Wildman–Crippen MR) is 131 cm³/mol. The third-order valence-corrected chi connectivity index (χ3v) is 6.36. The average molecular weight is 477 g/mol. The van der Waals surface area contributed by atoms with Gasteiger partial charge in [0.25, 0.3) is 11.8 Å². The molecule has 0 aliphatic heterocycles. The molecule has 2 aromatic heterocycles. The predicted octanol–water partition coefficient (Wildman–Crippen LogP) is 3.92. The smallest absolute Gasteiger partial charge is 0.348 e. The molecule has 0 spiro atoms. The van der Waals surface area contributed by atoms with Crippen LogP contribution < -0.4 is 10.6 Å². The van der Waals surface area contributed by atoms with Crippen LogP contribution in [0.1, 0.15) is 36.9 Å². The van der Waals surface area contributed by atoms with E-state index in [1.165, 1.54) is 23.9 Å². The van der Waals surface area contributed by atoms with Crippen molar-refractivity contribution in [3.05, 3.63) is 81.9 Å². The molecule has 2 heterocycles. The molecule has 0 aliphatic rings. The van der Waals surface area contributed by atoms with Crippen LogP contribution in [-0.4, -0.2) is 41.2 Å². The van der Waals surface area contributed by atoms with E-state index in [1.54, 1.807) is 30.3 Å². The van der Waals surface area contributed by atoms with Gasteiger partial charge in [-0.25, -0.2) is 4.79 Å². The molecule has 2 aromatic carbocycles. The van der Waals surface area contributed by atoms with Gasteiger partial charge < -0.3 is 15.4 Å². The Morgan fingerprint density at radius 1 is 1.06 bits per heavy atom. The number of esters is 1. The first-order valence-corrected chi connectivity index (χ1v) is 11.5. The van der Waals surface area contributed by atoms with Crippen molar-refractivity contribution in [2.24, 2.45) is 0 Å². The normalized spacial score (nSPS) is 10.8. The van der Waals surface area contributed by atoms with Crippen LogP contribution in [0.5, 0.6) is 0 Å². The van der Waals surface area contributed by atoms with Gasteiger partial charge >= 0.3 is 5.97 Å². The topological polar surface area (TPSA) is 102 Å². The van der Waals surface area contributed by atoms with Crippen LogP contribution in [0.15, 0.2) is 54.6 Å². The fourth-order valence-electron chi connectivity index (χ4n) is 3.47. The first-order chi connectivity index (χ1) is 16.3. The molecule has 0 unspecified atom stereocenters. The maximum Gasteiger partial charge on any atom is 0.348 e.